The lowest BCUT2D eigenvalue weighted by molar-refractivity contribution is -0.137. The molecule has 1 atom stereocenters. The Morgan fingerprint density at radius 2 is 2.08 bits per heavy atom. The molecular weight excluding hydrogens is 333 g/mol. The van der Waals surface area contributed by atoms with E-state index in [1.54, 1.807) is 4.90 Å². The van der Waals surface area contributed by atoms with Gasteiger partial charge in [0, 0.05) is 24.1 Å². The van der Waals surface area contributed by atoms with Crippen LogP contribution in [0, 0.1) is 0 Å². The number of likely N-dealkylation sites (tertiary alicyclic amines) is 1. The van der Waals surface area contributed by atoms with Crippen molar-refractivity contribution in [2.24, 2.45) is 0 Å². The van der Waals surface area contributed by atoms with Gasteiger partial charge in [-0.25, -0.2) is 0 Å². The molecule has 1 aromatic heterocycles. The van der Waals surface area contributed by atoms with Crippen LogP contribution in [0.5, 0.6) is 0 Å². The number of hydrogen-bond acceptors (Lipinski definition) is 3. The van der Waals surface area contributed by atoms with Crippen molar-refractivity contribution in [1.29, 1.82) is 0 Å². The molecule has 0 radical (unpaired) electrons. The predicted molar refractivity (Wildman–Crippen MR) is 85.0 cm³/mol. The summed E-state index contributed by atoms with van der Waals surface area (Å²) in [6.45, 7) is 4.44. The van der Waals surface area contributed by atoms with E-state index < -0.39 is 17.6 Å². The molecule has 1 aliphatic heterocycles. The summed E-state index contributed by atoms with van der Waals surface area (Å²) in [4.78, 5) is 14.3. The number of carbonyl (C=O) groups is 1. The molecule has 0 saturated carbocycles. The fourth-order valence-corrected chi connectivity index (χ4v) is 3.04. The van der Waals surface area contributed by atoms with Crippen molar-refractivity contribution in [2.45, 2.75) is 44.8 Å². The predicted octanol–water partition coefficient (Wildman–Crippen LogP) is 4.79. The van der Waals surface area contributed by atoms with Gasteiger partial charge >= 0.3 is 6.18 Å². The quantitative estimate of drug-likeness (QED) is 0.797. The lowest BCUT2D eigenvalue weighted by Gasteiger charge is -2.23. The second-order valence-corrected chi connectivity index (χ2v) is 6.54. The molecule has 1 aliphatic rings. The van der Waals surface area contributed by atoms with Crippen LogP contribution in [0.4, 0.5) is 13.2 Å². The molecule has 1 fully saturated rings. The maximum absolute atomic E-state index is 12.9. The first kappa shape index (κ1) is 17.5. The average Bonchev–Trinajstić information content (AvgIpc) is 3.22. The van der Waals surface area contributed by atoms with E-state index in [9.17, 15) is 18.0 Å². The number of carbonyl (C=O) groups excluding carboxylic acids is 1. The summed E-state index contributed by atoms with van der Waals surface area (Å²) in [6, 6.07) is 6.10. The monoisotopic (exact) mass is 352 g/mol. The van der Waals surface area contributed by atoms with Crippen LogP contribution in [-0.2, 0) is 6.18 Å². The van der Waals surface area contributed by atoms with Gasteiger partial charge in [0.2, 0.25) is 0 Å². The first-order chi connectivity index (χ1) is 11.8. The minimum atomic E-state index is -4.47. The van der Waals surface area contributed by atoms with Gasteiger partial charge in [0.1, 0.15) is 11.5 Å². The van der Waals surface area contributed by atoms with Crippen LogP contribution in [0.2, 0.25) is 0 Å². The van der Waals surface area contributed by atoms with Crippen LogP contribution in [0.3, 0.4) is 0 Å². The Labute approximate surface area is 143 Å². The van der Waals surface area contributed by atoms with Crippen molar-refractivity contribution in [3.63, 3.8) is 0 Å². The Bertz CT molecular complexity index is 768. The molecular formula is C18H19F3N2O2. The molecule has 3 rings (SSSR count). The molecule has 1 amide bonds. The van der Waals surface area contributed by atoms with Crippen molar-refractivity contribution < 1.29 is 22.5 Å². The highest BCUT2D eigenvalue weighted by atomic mass is 19.4. The maximum Gasteiger partial charge on any atom is 0.416 e. The Morgan fingerprint density at radius 3 is 2.72 bits per heavy atom. The van der Waals surface area contributed by atoms with Gasteiger partial charge in [-0.2, -0.15) is 13.2 Å². The van der Waals surface area contributed by atoms with Crippen molar-refractivity contribution in [2.75, 3.05) is 6.54 Å². The molecule has 4 nitrogen and oxygen atoms in total. The zero-order chi connectivity index (χ0) is 18.2. The minimum Gasteiger partial charge on any atom is -0.361 e. The Hall–Kier alpha value is -2.31. The van der Waals surface area contributed by atoms with Crippen LogP contribution in [0.25, 0.3) is 0 Å². The first-order valence-electron chi connectivity index (χ1n) is 8.22. The van der Waals surface area contributed by atoms with Gasteiger partial charge in [0.05, 0.1) is 11.6 Å². The average molecular weight is 352 g/mol. The molecule has 0 N–H and O–H groups in total. The zero-order valence-electron chi connectivity index (χ0n) is 14.0. The Balaban J connectivity index is 1.86. The highest BCUT2D eigenvalue weighted by Crippen LogP contribution is 2.35. The molecule has 1 aromatic carbocycles. The lowest BCUT2D eigenvalue weighted by atomic mass is 10.1. The summed E-state index contributed by atoms with van der Waals surface area (Å²) in [7, 11) is 0. The van der Waals surface area contributed by atoms with E-state index in [0.29, 0.717) is 12.2 Å². The summed E-state index contributed by atoms with van der Waals surface area (Å²) in [5.41, 5.74) is -0.131. The third kappa shape index (κ3) is 3.55. The van der Waals surface area contributed by atoms with Crippen LogP contribution >= 0.6 is 0 Å². The number of amides is 1. The van der Waals surface area contributed by atoms with E-state index in [-0.39, 0.29) is 17.5 Å². The number of nitrogens with zero attached hydrogens (tertiary/aromatic N) is 2. The smallest absolute Gasteiger partial charge is 0.361 e. The van der Waals surface area contributed by atoms with Crippen LogP contribution in [-0.4, -0.2) is 22.5 Å². The van der Waals surface area contributed by atoms with E-state index in [1.165, 1.54) is 12.1 Å². The number of hydrogen-bond donors (Lipinski definition) is 0. The SMILES string of the molecule is CC(C)c1cc([C@@H]2CCCN2C(=O)c2cccc(C(F)(F)F)c2)no1. The summed E-state index contributed by atoms with van der Waals surface area (Å²) < 4.78 is 43.9. The molecule has 7 heteroatoms. The van der Waals surface area contributed by atoms with Gasteiger partial charge in [-0.1, -0.05) is 25.1 Å². The maximum atomic E-state index is 12.9. The molecule has 25 heavy (non-hydrogen) atoms. The molecule has 0 bridgehead atoms. The Kier molecular flexibility index (Phi) is 4.58. The van der Waals surface area contributed by atoms with Gasteiger partial charge in [-0.15, -0.1) is 0 Å². The lowest BCUT2D eigenvalue weighted by Crippen LogP contribution is -2.31. The topological polar surface area (TPSA) is 46.3 Å². The van der Waals surface area contributed by atoms with E-state index in [0.717, 1.165) is 30.7 Å². The Morgan fingerprint density at radius 1 is 1.32 bits per heavy atom. The number of alkyl halides is 3. The summed E-state index contributed by atoms with van der Waals surface area (Å²) >= 11 is 0. The van der Waals surface area contributed by atoms with Gasteiger partial charge in [0.25, 0.3) is 5.91 Å². The van der Waals surface area contributed by atoms with Crippen molar-refractivity contribution in [1.82, 2.24) is 10.1 Å². The normalized spacial score (nSPS) is 18.2. The largest absolute Gasteiger partial charge is 0.416 e. The second kappa shape index (κ2) is 6.54. The van der Waals surface area contributed by atoms with E-state index in [4.69, 9.17) is 4.52 Å². The summed E-state index contributed by atoms with van der Waals surface area (Å²) in [5.74, 6) is 0.492. The highest BCUT2D eigenvalue weighted by molar-refractivity contribution is 5.94. The molecule has 134 valence electrons. The standard InChI is InChI=1S/C18H19F3N2O2/c1-11(2)16-10-14(22-25-16)15-7-4-8-23(15)17(24)12-5-3-6-13(9-12)18(19,20)21/h3,5-6,9-11,15H,4,7-8H2,1-2H3/t15-/m0/s1. The highest BCUT2D eigenvalue weighted by Gasteiger charge is 2.35. The van der Waals surface area contributed by atoms with Crippen LogP contribution in [0.15, 0.2) is 34.9 Å². The number of rotatable bonds is 3. The zero-order valence-corrected chi connectivity index (χ0v) is 14.0. The molecule has 2 heterocycles. The van der Waals surface area contributed by atoms with Crippen molar-refractivity contribution in [3.8, 4) is 0 Å². The van der Waals surface area contributed by atoms with E-state index >= 15 is 0 Å². The summed E-state index contributed by atoms with van der Waals surface area (Å²) in [6.07, 6.45) is -2.98. The van der Waals surface area contributed by atoms with Gasteiger partial charge in [-0.3, -0.25) is 4.79 Å². The fourth-order valence-electron chi connectivity index (χ4n) is 3.04. The van der Waals surface area contributed by atoms with Gasteiger partial charge in [0.15, 0.2) is 0 Å². The number of benzene rings is 1. The first-order valence-corrected chi connectivity index (χ1v) is 8.22. The number of halogens is 3. The van der Waals surface area contributed by atoms with E-state index in [1.807, 2.05) is 19.9 Å². The molecule has 0 unspecified atom stereocenters. The second-order valence-electron chi connectivity index (χ2n) is 6.54. The molecule has 0 aliphatic carbocycles. The fraction of sp³-hybridized carbons (Fsp3) is 0.444. The van der Waals surface area contributed by atoms with Crippen molar-refractivity contribution in [3.05, 3.63) is 52.9 Å². The molecule has 2 aromatic rings. The summed E-state index contributed by atoms with van der Waals surface area (Å²) in [5, 5.41) is 4.05. The third-order valence-electron chi connectivity index (χ3n) is 4.41. The van der Waals surface area contributed by atoms with Crippen LogP contribution in [0.1, 0.15) is 66.0 Å². The molecule has 0 spiro atoms. The van der Waals surface area contributed by atoms with E-state index in [2.05, 4.69) is 5.16 Å². The molecule has 1 saturated heterocycles. The minimum absolute atomic E-state index is 0.0364. The number of aromatic nitrogens is 1. The van der Waals surface area contributed by atoms with Crippen LogP contribution < -0.4 is 0 Å². The van der Waals surface area contributed by atoms with Gasteiger partial charge in [-0.05, 0) is 31.0 Å². The van der Waals surface area contributed by atoms with Crippen molar-refractivity contribution >= 4 is 5.91 Å². The van der Waals surface area contributed by atoms with Gasteiger partial charge < -0.3 is 9.42 Å². The third-order valence-corrected chi connectivity index (χ3v) is 4.41.